The van der Waals surface area contributed by atoms with Gasteiger partial charge in [-0.25, -0.2) is 4.98 Å². The van der Waals surface area contributed by atoms with Gasteiger partial charge in [-0.1, -0.05) is 0 Å². The Hall–Kier alpha value is -0.250. The number of H-pyrrole nitrogens is 1. The van der Waals surface area contributed by atoms with Crippen LogP contribution in [0.1, 0.15) is 24.6 Å². The quantitative estimate of drug-likeness (QED) is 0.737. The second kappa shape index (κ2) is 4.70. The number of hydrogen-bond donors (Lipinski definition) is 2. The lowest BCUT2D eigenvalue weighted by atomic mass is 9.80. The molecule has 1 aliphatic carbocycles. The van der Waals surface area contributed by atoms with Crippen LogP contribution in [0.2, 0.25) is 0 Å². The summed E-state index contributed by atoms with van der Waals surface area (Å²) in [6.07, 6.45) is 5.83. The van der Waals surface area contributed by atoms with Gasteiger partial charge in [0.25, 0.3) is 0 Å². The van der Waals surface area contributed by atoms with Crippen LogP contribution < -0.4 is 5.73 Å². The highest BCUT2D eigenvalue weighted by Crippen LogP contribution is 2.33. The van der Waals surface area contributed by atoms with Crippen LogP contribution in [0.4, 0.5) is 0 Å². The molecule has 0 atom stereocenters. The van der Waals surface area contributed by atoms with E-state index in [9.17, 15) is 0 Å². The molecule has 12 heavy (non-hydrogen) atoms. The molecular formula is C7H13Cl2N3. The van der Waals surface area contributed by atoms with E-state index in [1.54, 1.807) is 6.20 Å². The molecule has 1 heterocycles. The van der Waals surface area contributed by atoms with Crippen molar-refractivity contribution >= 4 is 24.8 Å². The highest BCUT2D eigenvalue weighted by atomic mass is 35.5. The van der Waals surface area contributed by atoms with E-state index in [-0.39, 0.29) is 24.8 Å². The average Bonchev–Trinajstić information content (AvgIpc) is 2.31. The summed E-state index contributed by atoms with van der Waals surface area (Å²) >= 11 is 0. The van der Waals surface area contributed by atoms with E-state index in [4.69, 9.17) is 5.73 Å². The highest BCUT2D eigenvalue weighted by Gasteiger charge is 2.28. The lowest BCUT2D eigenvalue weighted by Crippen LogP contribution is -2.35. The first-order valence-corrected chi connectivity index (χ1v) is 3.61. The van der Waals surface area contributed by atoms with Crippen LogP contribution in [0, 0.1) is 0 Å². The van der Waals surface area contributed by atoms with Gasteiger partial charge in [-0.15, -0.1) is 24.8 Å². The molecule has 2 rings (SSSR count). The monoisotopic (exact) mass is 209 g/mol. The van der Waals surface area contributed by atoms with Crippen LogP contribution in [0.5, 0.6) is 0 Å². The molecule has 3 nitrogen and oxygen atoms in total. The number of aromatic amines is 1. The zero-order valence-electron chi connectivity index (χ0n) is 6.56. The smallest absolute Gasteiger partial charge is 0.109 e. The molecule has 0 bridgehead atoms. The molecule has 1 aromatic rings. The zero-order chi connectivity index (χ0) is 6.97. The summed E-state index contributed by atoms with van der Waals surface area (Å²) in [5.74, 6) is 1.70. The van der Waals surface area contributed by atoms with Crippen molar-refractivity contribution in [3.63, 3.8) is 0 Å². The molecule has 1 aliphatic rings. The third-order valence-electron chi connectivity index (χ3n) is 2.08. The Bertz CT molecular complexity index is 206. The van der Waals surface area contributed by atoms with Crippen molar-refractivity contribution in [3.05, 3.63) is 18.2 Å². The third-order valence-corrected chi connectivity index (χ3v) is 2.08. The van der Waals surface area contributed by atoms with Crippen molar-refractivity contribution in [2.75, 3.05) is 0 Å². The molecule has 3 N–H and O–H groups in total. The first-order chi connectivity index (χ1) is 4.86. The molecule has 0 radical (unpaired) electrons. The molecule has 0 spiro atoms. The molecule has 1 aromatic heterocycles. The Labute approximate surface area is 84.0 Å². The minimum Gasteiger partial charge on any atom is -0.348 e. The molecule has 5 heteroatoms. The van der Waals surface area contributed by atoms with Crippen LogP contribution in [-0.2, 0) is 0 Å². The molecule has 0 unspecified atom stereocenters. The number of aromatic nitrogens is 2. The van der Waals surface area contributed by atoms with Gasteiger partial charge in [0.2, 0.25) is 0 Å². The maximum atomic E-state index is 5.63. The zero-order valence-corrected chi connectivity index (χ0v) is 8.20. The first kappa shape index (κ1) is 11.8. The van der Waals surface area contributed by atoms with E-state index < -0.39 is 0 Å². The second-order valence-electron chi connectivity index (χ2n) is 2.90. The van der Waals surface area contributed by atoms with Gasteiger partial charge in [-0.3, -0.25) is 0 Å². The second-order valence-corrected chi connectivity index (χ2v) is 2.90. The number of imidazole rings is 1. The lowest BCUT2D eigenvalue weighted by molar-refractivity contribution is 0.340. The normalized spacial score (nSPS) is 26.4. The summed E-state index contributed by atoms with van der Waals surface area (Å²) < 4.78 is 0. The molecule has 1 fully saturated rings. The van der Waals surface area contributed by atoms with Gasteiger partial charge in [0, 0.05) is 24.4 Å². The number of rotatable bonds is 1. The predicted molar refractivity (Wildman–Crippen MR) is 53.0 cm³/mol. The van der Waals surface area contributed by atoms with E-state index in [0.717, 1.165) is 18.7 Å². The van der Waals surface area contributed by atoms with Crippen LogP contribution in [0.3, 0.4) is 0 Å². The van der Waals surface area contributed by atoms with Crippen molar-refractivity contribution in [3.8, 4) is 0 Å². The molecule has 70 valence electrons. The van der Waals surface area contributed by atoms with Gasteiger partial charge in [0.05, 0.1) is 0 Å². The highest BCUT2D eigenvalue weighted by molar-refractivity contribution is 5.85. The van der Waals surface area contributed by atoms with Gasteiger partial charge in [-0.2, -0.15) is 0 Å². The van der Waals surface area contributed by atoms with Crippen LogP contribution in [0.15, 0.2) is 12.4 Å². The fourth-order valence-corrected chi connectivity index (χ4v) is 1.39. The van der Waals surface area contributed by atoms with Crippen molar-refractivity contribution in [1.29, 1.82) is 0 Å². The Kier molecular flexibility index (Phi) is 4.60. The van der Waals surface area contributed by atoms with Crippen LogP contribution >= 0.6 is 24.8 Å². The third kappa shape index (κ3) is 2.12. The number of nitrogens with two attached hydrogens (primary N) is 1. The number of halogens is 2. The van der Waals surface area contributed by atoms with Gasteiger partial charge in [0.1, 0.15) is 5.82 Å². The van der Waals surface area contributed by atoms with Crippen LogP contribution in [-0.4, -0.2) is 16.0 Å². The Morgan fingerprint density at radius 2 is 2.08 bits per heavy atom. The largest absolute Gasteiger partial charge is 0.348 e. The molecular weight excluding hydrogens is 197 g/mol. The van der Waals surface area contributed by atoms with Crippen molar-refractivity contribution in [1.82, 2.24) is 9.97 Å². The Morgan fingerprint density at radius 3 is 2.50 bits per heavy atom. The SMILES string of the molecule is Cl.Cl.NC1CC(c2ncc[nH]2)C1. The maximum Gasteiger partial charge on any atom is 0.109 e. The Morgan fingerprint density at radius 1 is 1.42 bits per heavy atom. The minimum atomic E-state index is 0. The van der Waals surface area contributed by atoms with E-state index >= 15 is 0 Å². The summed E-state index contributed by atoms with van der Waals surface area (Å²) in [5, 5.41) is 0. The van der Waals surface area contributed by atoms with E-state index in [0.29, 0.717) is 12.0 Å². The van der Waals surface area contributed by atoms with E-state index in [1.807, 2.05) is 6.20 Å². The van der Waals surface area contributed by atoms with E-state index in [1.165, 1.54) is 0 Å². The fraction of sp³-hybridized carbons (Fsp3) is 0.571. The van der Waals surface area contributed by atoms with Crippen molar-refractivity contribution < 1.29 is 0 Å². The topological polar surface area (TPSA) is 54.7 Å². The Balaban J connectivity index is 0.000000605. The molecule has 0 saturated heterocycles. The first-order valence-electron chi connectivity index (χ1n) is 3.61. The van der Waals surface area contributed by atoms with Gasteiger partial charge in [-0.05, 0) is 12.8 Å². The molecule has 1 saturated carbocycles. The van der Waals surface area contributed by atoms with Gasteiger partial charge in [0.15, 0.2) is 0 Å². The summed E-state index contributed by atoms with van der Waals surface area (Å²) in [6.45, 7) is 0. The summed E-state index contributed by atoms with van der Waals surface area (Å²) in [6, 6.07) is 0.412. The minimum absolute atomic E-state index is 0. The molecule has 0 amide bonds. The predicted octanol–water partition coefficient (Wildman–Crippen LogP) is 1.46. The van der Waals surface area contributed by atoms with Crippen molar-refractivity contribution in [2.24, 2.45) is 5.73 Å². The average molecular weight is 210 g/mol. The summed E-state index contributed by atoms with van der Waals surface area (Å²) in [5.41, 5.74) is 5.63. The van der Waals surface area contributed by atoms with Gasteiger partial charge >= 0.3 is 0 Å². The summed E-state index contributed by atoms with van der Waals surface area (Å²) in [7, 11) is 0. The van der Waals surface area contributed by atoms with Gasteiger partial charge < -0.3 is 10.7 Å². The van der Waals surface area contributed by atoms with Crippen LogP contribution in [0.25, 0.3) is 0 Å². The van der Waals surface area contributed by atoms with Crippen molar-refractivity contribution in [2.45, 2.75) is 24.8 Å². The standard InChI is InChI=1S/C7H11N3.2ClH/c8-6-3-5(4-6)7-9-1-2-10-7;;/h1-2,5-6H,3-4,8H2,(H,9,10);2*1H. The van der Waals surface area contributed by atoms with E-state index in [2.05, 4.69) is 9.97 Å². The maximum absolute atomic E-state index is 5.63. The lowest BCUT2D eigenvalue weighted by Gasteiger charge is -2.30. The molecule has 0 aliphatic heterocycles. The number of hydrogen-bond acceptors (Lipinski definition) is 2. The molecule has 0 aromatic carbocycles. The number of nitrogens with zero attached hydrogens (tertiary/aromatic N) is 1. The fourth-order valence-electron chi connectivity index (χ4n) is 1.39. The summed E-state index contributed by atoms with van der Waals surface area (Å²) in [4.78, 5) is 7.25. The number of nitrogens with one attached hydrogen (secondary N) is 1.